The number of para-hydroxylation sites is 1. The van der Waals surface area contributed by atoms with Crippen molar-refractivity contribution in [3.8, 4) is 11.3 Å². The zero-order chi connectivity index (χ0) is 43.9. The van der Waals surface area contributed by atoms with E-state index in [4.69, 9.17) is 8.83 Å². The van der Waals surface area contributed by atoms with Gasteiger partial charge < -0.3 is 13.4 Å². The molecule has 3 heteroatoms. The van der Waals surface area contributed by atoms with Gasteiger partial charge in [0.15, 0.2) is 0 Å². The van der Waals surface area contributed by atoms with E-state index in [1.165, 1.54) is 71.9 Å². The Kier molecular flexibility index (Phi) is 17.9. The highest BCUT2D eigenvalue weighted by molar-refractivity contribution is 6.19. The highest BCUT2D eigenvalue weighted by atomic mass is 16.3. The van der Waals surface area contributed by atoms with Gasteiger partial charge in [0, 0.05) is 33.0 Å². The fourth-order valence-corrected chi connectivity index (χ4v) is 7.47. The second-order valence-electron chi connectivity index (χ2n) is 15.2. The molecule has 0 fully saturated rings. The summed E-state index contributed by atoms with van der Waals surface area (Å²) in [4.78, 5) is 0. The monoisotopic (exact) mass is 802 g/mol. The van der Waals surface area contributed by atoms with Crippen LogP contribution in [0.4, 0.5) is 0 Å². The van der Waals surface area contributed by atoms with Crippen LogP contribution in [0.5, 0.6) is 0 Å². The molecule has 60 heavy (non-hydrogen) atoms. The SMILES string of the molecule is C/C=C(\C)c1ccc(C)cc1.CC.CC.CC.CC1=CC=C(n2c3ccccc3c3ccc4oc5c(c4c32)CCC=C5)CC1.Cc1cc(-c2ccc(C(C)C)cc2)oc1C. The number of aromatic nitrogens is 1. The van der Waals surface area contributed by atoms with Crippen LogP contribution in [0.25, 0.3) is 61.4 Å². The maximum atomic E-state index is 6.22. The molecule has 0 saturated carbocycles. The first kappa shape index (κ1) is 47.1. The number of allylic oxidation sites excluding steroid dienone is 7. The van der Waals surface area contributed by atoms with Crippen molar-refractivity contribution in [2.24, 2.45) is 0 Å². The Hall–Kier alpha value is -5.54. The Morgan fingerprint density at radius 1 is 0.717 bits per heavy atom. The van der Waals surface area contributed by atoms with Gasteiger partial charge in [-0.3, -0.25) is 0 Å². The topological polar surface area (TPSA) is 31.2 Å². The molecule has 0 N–H and O–H groups in total. The Morgan fingerprint density at radius 2 is 1.40 bits per heavy atom. The number of hydrogen-bond acceptors (Lipinski definition) is 2. The van der Waals surface area contributed by atoms with Crippen LogP contribution in [-0.2, 0) is 6.42 Å². The molecule has 316 valence electrons. The van der Waals surface area contributed by atoms with Gasteiger partial charge in [-0.1, -0.05) is 151 Å². The summed E-state index contributed by atoms with van der Waals surface area (Å²) in [6, 6.07) is 32.5. The van der Waals surface area contributed by atoms with Crippen LogP contribution in [0.1, 0.15) is 141 Å². The molecular formula is C57H71NO2. The summed E-state index contributed by atoms with van der Waals surface area (Å²) in [5.41, 5.74) is 15.5. The fourth-order valence-electron chi connectivity index (χ4n) is 7.47. The van der Waals surface area contributed by atoms with E-state index in [0.29, 0.717) is 5.92 Å². The molecule has 0 atom stereocenters. The van der Waals surface area contributed by atoms with Gasteiger partial charge in [-0.2, -0.15) is 0 Å². The molecular weight excluding hydrogens is 731 g/mol. The second kappa shape index (κ2) is 22.7. The van der Waals surface area contributed by atoms with Crippen molar-refractivity contribution in [3.63, 3.8) is 0 Å². The van der Waals surface area contributed by atoms with Gasteiger partial charge in [0.1, 0.15) is 22.9 Å². The smallest absolute Gasteiger partial charge is 0.137 e. The highest BCUT2D eigenvalue weighted by Crippen LogP contribution is 2.42. The van der Waals surface area contributed by atoms with Crippen molar-refractivity contribution in [2.45, 2.75) is 129 Å². The van der Waals surface area contributed by atoms with Gasteiger partial charge in [0.25, 0.3) is 0 Å². The molecule has 0 bridgehead atoms. The molecule has 0 radical (unpaired) electrons. The number of hydrogen-bond donors (Lipinski definition) is 0. The van der Waals surface area contributed by atoms with Gasteiger partial charge in [0.2, 0.25) is 0 Å². The van der Waals surface area contributed by atoms with Gasteiger partial charge in [-0.05, 0) is 132 Å². The lowest BCUT2D eigenvalue weighted by Gasteiger charge is -2.16. The summed E-state index contributed by atoms with van der Waals surface area (Å²) >= 11 is 0. The van der Waals surface area contributed by atoms with E-state index in [-0.39, 0.29) is 0 Å². The quantitative estimate of drug-likeness (QED) is 0.178. The Morgan fingerprint density at radius 3 is 2.00 bits per heavy atom. The first-order valence-electron chi connectivity index (χ1n) is 22.5. The molecule has 3 nitrogen and oxygen atoms in total. The van der Waals surface area contributed by atoms with E-state index < -0.39 is 0 Å². The highest BCUT2D eigenvalue weighted by Gasteiger charge is 2.23. The zero-order valence-corrected chi connectivity index (χ0v) is 39.2. The molecule has 0 saturated heterocycles. The minimum absolute atomic E-state index is 0.578. The van der Waals surface area contributed by atoms with Crippen molar-refractivity contribution in [1.29, 1.82) is 0 Å². The van der Waals surface area contributed by atoms with E-state index >= 15 is 0 Å². The zero-order valence-electron chi connectivity index (χ0n) is 39.2. The standard InChI is InChI=1S/C25H21NO.C15H18O.C11H14.3C2H6/c1-16-10-12-17(13-11-16)26-21-8-4-2-6-18(21)19-14-15-23-24(25(19)26)20-7-3-5-9-22(20)27-23;1-10(2)13-5-7-14(8-6-13)15-9-11(3)12(4)16-15;1-4-10(3)11-7-5-9(2)6-8-11;3*1-2/h2,4-6,8-10,12,14-15H,3,7,11,13H2,1H3;5-10H,1-4H3;4-8H,1-3H3;3*1-2H3/b;;10-4+;;;. The van der Waals surface area contributed by atoms with Crippen LogP contribution >= 0.6 is 0 Å². The summed E-state index contributed by atoms with van der Waals surface area (Å²) < 4.78 is 14.4. The lowest BCUT2D eigenvalue weighted by molar-refractivity contribution is 0.545. The first-order valence-corrected chi connectivity index (χ1v) is 22.5. The molecule has 2 aliphatic carbocycles. The first-order chi connectivity index (χ1) is 29.1. The van der Waals surface area contributed by atoms with Gasteiger partial charge in [-0.15, -0.1) is 0 Å². The number of benzene rings is 4. The summed E-state index contributed by atoms with van der Waals surface area (Å²) in [6.07, 6.45) is 15.4. The molecule has 3 heterocycles. The maximum Gasteiger partial charge on any atom is 0.137 e. The molecule has 0 aliphatic heterocycles. The predicted molar refractivity (Wildman–Crippen MR) is 266 cm³/mol. The van der Waals surface area contributed by atoms with Crippen molar-refractivity contribution in [1.82, 2.24) is 4.57 Å². The average molecular weight is 802 g/mol. The third-order valence-corrected chi connectivity index (χ3v) is 11.0. The lowest BCUT2D eigenvalue weighted by Crippen LogP contribution is -2.01. The van der Waals surface area contributed by atoms with Gasteiger partial charge in [0.05, 0.1) is 11.0 Å². The van der Waals surface area contributed by atoms with E-state index in [1.54, 1.807) is 0 Å². The second-order valence-corrected chi connectivity index (χ2v) is 15.2. The number of fused-ring (bicyclic) bond motifs is 7. The minimum atomic E-state index is 0.578. The number of nitrogens with zero attached hydrogens (tertiary/aromatic N) is 1. The predicted octanol–water partition coefficient (Wildman–Crippen LogP) is 18.3. The largest absolute Gasteiger partial charge is 0.461 e. The minimum Gasteiger partial charge on any atom is -0.461 e. The molecule has 9 rings (SSSR count). The average Bonchev–Trinajstić information content (AvgIpc) is 3.96. The van der Waals surface area contributed by atoms with Crippen molar-refractivity contribution < 1.29 is 8.83 Å². The molecule has 7 aromatic rings. The lowest BCUT2D eigenvalue weighted by atomic mass is 9.99. The Bertz CT molecular complexity index is 2540. The van der Waals surface area contributed by atoms with Gasteiger partial charge in [-0.25, -0.2) is 0 Å². The maximum absolute atomic E-state index is 6.22. The van der Waals surface area contributed by atoms with Gasteiger partial charge >= 0.3 is 0 Å². The van der Waals surface area contributed by atoms with E-state index in [9.17, 15) is 0 Å². The third kappa shape index (κ3) is 10.8. The van der Waals surface area contributed by atoms with Crippen molar-refractivity contribution in [3.05, 3.63) is 160 Å². The van der Waals surface area contributed by atoms with Crippen LogP contribution < -0.4 is 0 Å². The summed E-state index contributed by atoms with van der Waals surface area (Å²) in [7, 11) is 0. The van der Waals surface area contributed by atoms with Crippen LogP contribution in [0, 0.1) is 20.8 Å². The number of furan rings is 2. The van der Waals surface area contributed by atoms with Crippen LogP contribution in [-0.4, -0.2) is 4.57 Å². The van der Waals surface area contributed by atoms with Crippen LogP contribution in [0.15, 0.2) is 130 Å². The number of rotatable bonds is 4. The molecule has 2 aliphatic rings. The van der Waals surface area contributed by atoms with E-state index in [1.807, 2.05) is 48.5 Å². The molecule has 0 spiro atoms. The molecule has 3 aromatic heterocycles. The third-order valence-electron chi connectivity index (χ3n) is 11.0. The normalized spacial score (nSPS) is 12.9. The molecule has 0 amide bonds. The van der Waals surface area contributed by atoms with E-state index in [2.05, 4.69) is 174 Å². The Balaban J connectivity index is 0.000000206. The molecule has 4 aromatic carbocycles. The van der Waals surface area contributed by atoms with E-state index in [0.717, 1.165) is 54.1 Å². The fraction of sp³-hybridized carbons (Fsp3) is 0.333. The summed E-state index contributed by atoms with van der Waals surface area (Å²) in [6.45, 7) is 29.0. The van der Waals surface area contributed by atoms with Crippen LogP contribution in [0.2, 0.25) is 0 Å². The summed E-state index contributed by atoms with van der Waals surface area (Å²) in [5.74, 6) is 3.58. The van der Waals surface area contributed by atoms with Crippen LogP contribution in [0.3, 0.4) is 0 Å². The summed E-state index contributed by atoms with van der Waals surface area (Å²) in [5, 5.41) is 3.95. The van der Waals surface area contributed by atoms with Crippen molar-refractivity contribution in [2.75, 3.05) is 0 Å². The number of aryl methyl sites for hydroxylation is 4. The molecule has 0 unspecified atom stereocenters. The Labute approximate surface area is 362 Å². The van der Waals surface area contributed by atoms with Crippen molar-refractivity contribution >= 4 is 50.1 Å².